The lowest BCUT2D eigenvalue weighted by Gasteiger charge is -2.33. The zero-order chi connectivity index (χ0) is 23.3. The van der Waals surface area contributed by atoms with Crippen molar-refractivity contribution in [1.29, 1.82) is 0 Å². The van der Waals surface area contributed by atoms with Crippen molar-refractivity contribution >= 4 is 17.9 Å². The van der Waals surface area contributed by atoms with Crippen molar-refractivity contribution in [3.8, 4) is 0 Å². The zero-order valence-corrected chi connectivity index (χ0v) is 19.9. The van der Waals surface area contributed by atoms with Crippen LogP contribution in [0.4, 0.5) is 0 Å². The molecule has 0 atom stereocenters. The van der Waals surface area contributed by atoms with E-state index in [0.717, 1.165) is 17.0 Å². The first-order valence-corrected chi connectivity index (χ1v) is 11.3. The first-order chi connectivity index (χ1) is 15.2. The normalized spacial score (nSPS) is 15.0. The number of aryl methyl sites for hydroxylation is 2. The highest BCUT2D eigenvalue weighted by atomic mass is 16.2. The van der Waals surface area contributed by atoms with Crippen LogP contribution in [0.2, 0.25) is 0 Å². The van der Waals surface area contributed by atoms with Gasteiger partial charge in [0, 0.05) is 49.6 Å². The van der Waals surface area contributed by atoms with Crippen molar-refractivity contribution in [1.82, 2.24) is 24.9 Å². The molecule has 2 aromatic rings. The molecule has 1 fully saturated rings. The predicted octanol–water partition coefficient (Wildman–Crippen LogP) is 2.54. The fourth-order valence-corrected chi connectivity index (χ4v) is 3.93. The van der Waals surface area contributed by atoms with Crippen LogP contribution in [-0.4, -0.2) is 70.2 Å². The Morgan fingerprint density at radius 3 is 2.34 bits per heavy atom. The number of hydrogen-bond acceptors (Lipinski definition) is 4. The molecule has 1 N–H and O–H groups in total. The van der Waals surface area contributed by atoms with Gasteiger partial charge in [0.1, 0.15) is 0 Å². The summed E-state index contributed by atoms with van der Waals surface area (Å²) in [6, 6.07) is 8.60. The number of piperazine rings is 1. The molecule has 1 aliphatic rings. The number of carbonyl (C=O) groups excluding carboxylic acids is 2. The molecular formula is C25H35N5O2. The number of rotatable bonds is 7. The third kappa shape index (κ3) is 6.29. The van der Waals surface area contributed by atoms with Crippen LogP contribution in [0, 0.1) is 20.8 Å². The molecule has 0 saturated carbocycles. The average Bonchev–Trinajstić information content (AvgIpc) is 3.00. The maximum Gasteiger partial charge on any atom is 0.246 e. The molecule has 1 aromatic heterocycles. The van der Waals surface area contributed by atoms with E-state index in [1.54, 1.807) is 6.08 Å². The van der Waals surface area contributed by atoms with E-state index in [9.17, 15) is 9.59 Å². The third-order valence-corrected chi connectivity index (χ3v) is 5.78. The fraction of sp³-hybridized carbons (Fsp3) is 0.480. The SMILES string of the molecule is Cc1ccc(Cn2nc(C)c(/C=C/C(=O)N3CCN(CC(=O)NC(C)C)CC3)c2C)cc1. The average molecular weight is 438 g/mol. The van der Waals surface area contributed by atoms with Gasteiger partial charge in [0.25, 0.3) is 0 Å². The van der Waals surface area contributed by atoms with Gasteiger partial charge in [-0.2, -0.15) is 5.10 Å². The molecule has 1 aliphatic heterocycles. The second-order valence-electron chi connectivity index (χ2n) is 8.88. The molecule has 7 heteroatoms. The van der Waals surface area contributed by atoms with E-state index < -0.39 is 0 Å². The maximum atomic E-state index is 12.7. The van der Waals surface area contributed by atoms with E-state index >= 15 is 0 Å². The van der Waals surface area contributed by atoms with Crippen LogP contribution in [-0.2, 0) is 16.1 Å². The van der Waals surface area contributed by atoms with Crippen LogP contribution in [0.1, 0.15) is 41.9 Å². The Balaban J connectivity index is 1.56. The molecule has 0 aliphatic carbocycles. The number of nitrogens with zero attached hydrogens (tertiary/aromatic N) is 4. The molecule has 0 unspecified atom stereocenters. The summed E-state index contributed by atoms with van der Waals surface area (Å²) in [6.45, 7) is 13.8. The Bertz CT molecular complexity index is 967. The first kappa shape index (κ1) is 23.7. The van der Waals surface area contributed by atoms with E-state index in [0.29, 0.717) is 39.3 Å². The van der Waals surface area contributed by atoms with Gasteiger partial charge in [0.05, 0.1) is 18.8 Å². The molecule has 32 heavy (non-hydrogen) atoms. The number of amides is 2. The maximum absolute atomic E-state index is 12.7. The van der Waals surface area contributed by atoms with Gasteiger partial charge >= 0.3 is 0 Å². The van der Waals surface area contributed by atoms with E-state index in [1.807, 2.05) is 43.4 Å². The third-order valence-electron chi connectivity index (χ3n) is 5.78. The molecule has 1 aromatic carbocycles. The van der Waals surface area contributed by atoms with Crippen molar-refractivity contribution < 1.29 is 9.59 Å². The van der Waals surface area contributed by atoms with Crippen molar-refractivity contribution in [2.45, 2.75) is 47.2 Å². The molecule has 172 valence electrons. The van der Waals surface area contributed by atoms with E-state index in [4.69, 9.17) is 0 Å². The van der Waals surface area contributed by atoms with E-state index in [-0.39, 0.29) is 17.9 Å². The van der Waals surface area contributed by atoms with Crippen molar-refractivity contribution in [2.24, 2.45) is 0 Å². The summed E-state index contributed by atoms with van der Waals surface area (Å²) in [7, 11) is 0. The monoisotopic (exact) mass is 437 g/mol. The first-order valence-electron chi connectivity index (χ1n) is 11.3. The van der Waals surface area contributed by atoms with E-state index in [1.165, 1.54) is 11.1 Å². The highest BCUT2D eigenvalue weighted by Gasteiger charge is 2.21. The lowest BCUT2D eigenvalue weighted by molar-refractivity contribution is -0.128. The molecule has 2 amide bonds. The minimum atomic E-state index is 0.00127. The zero-order valence-electron chi connectivity index (χ0n) is 19.9. The number of nitrogens with one attached hydrogen (secondary N) is 1. The van der Waals surface area contributed by atoms with Gasteiger partial charge < -0.3 is 10.2 Å². The quantitative estimate of drug-likeness (QED) is 0.676. The molecule has 3 rings (SSSR count). The highest BCUT2D eigenvalue weighted by Crippen LogP contribution is 2.17. The van der Waals surface area contributed by atoms with Crippen molar-refractivity contribution in [3.63, 3.8) is 0 Å². The van der Waals surface area contributed by atoms with Crippen LogP contribution in [0.25, 0.3) is 6.08 Å². The minimum Gasteiger partial charge on any atom is -0.353 e. The predicted molar refractivity (Wildman–Crippen MR) is 127 cm³/mol. The second-order valence-corrected chi connectivity index (χ2v) is 8.88. The van der Waals surface area contributed by atoms with Gasteiger partial charge in [-0.1, -0.05) is 29.8 Å². The molecule has 2 heterocycles. The summed E-state index contributed by atoms with van der Waals surface area (Å²) in [5, 5.41) is 7.58. The van der Waals surface area contributed by atoms with Crippen LogP contribution in [0.5, 0.6) is 0 Å². The highest BCUT2D eigenvalue weighted by molar-refractivity contribution is 5.92. The van der Waals surface area contributed by atoms with Gasteiger partial charge in [-0.3, -0.25) is 19.2 Å². The smallest absolute Gasteiger partial charge is 0.246 e. The van der Waals surface area contributed by atoms with Gasteiger partial charge in [0.2, 0.25) is 11.8 Å². The lowest BCUT2D eigenvalue weighted by atomic mass is 10.1. The summed E-state index contributed by atoms with van der Waals surface area (Å²) in [5.41, 5.74) is 5.40. The molecule has 7 nitrogen and oxygen atoms in total. The fourth-order valence-electron chi connectivity index (χ4n) is 3.93. The Hall–Kier alpha value is -2.93. The van der Waals surface area contributed by atoms with Gasteiger partial charge in [-0.05, 0) is 46.3 Å². The Morgan fingerprint density at radius 1 is 1.06 bits per heavy atom. The summed E-state index contributed by atoms with van der Waals surface area (Å²) >= 11 is 0. The summed E-state index contributed by atoms with van der Waals surface area (Å²) < 4.78 is 1.99. The summed E-state index contributed by atoms with van der Waals surface area (Å²) in [4.78, 5) is 28.6. The van der Waals surface area contributed by atoms with Crippen LogP contribution >= 0.6 is 0 Å². The lowest BCUT2D eigenvalue weighted by Crippen LogP contribution is -2.51. The Labute approximate surface area is 191 Å². The number of carbonyl (C=O) groups is 2. The topological polar surface area (TPSA) is 70.5 Å². The largest absolute Gasteiger partial charge is 0.353 e. The number of hydrogen-bond donors (Lipinski definition) is 1. The Morgan fingerprint density at radius 2 is 1.72 bits per heavy atom. The molecular weight excluding hydrogens is 402 g/mol. The van der Waals surface area contributed by atoms with Gasteiger partial charge in [0.15, 0.2) is 0 Å². The number of benzene rings is 1. The van der Waals surface area contributed by atoms with Crippen LogP contribution in [0.15, 0.2) is 30.3 Å². The van der Waals surface area contributed by atoms with Crippen molar-refractivity contribution in [2.75, 3.05) is 32.7 Å². The minimum absolute atomic E-state index is 0.00127. The molecule has 1 saturated heterocycles. The Kier molecular flexibility index (Phi) is 7.85. The van der Waals surface area contributed by atoms with Crippen molar-refractivity contribution in [3.05, 3.63) is 58.4 Å². The van der Waals surface area contributed by atoms with E-state index in [2.05, 4.69) is 46.5 Å². The number of aromatic nitrogens is 2. The van der Waals surface area contributed by atoms with Gasteiger partial charge in [-0.15, -0.1) is 0 Å². The summed E-state index contributed by atoms with van der Waals surface area (Å²) in [6.07, 6.45) is 3.53. The second kappa shape index (κ2) is 10.6. The molecule has 0 radical (unpaired) electrons. The summed E-state index contributed by atoms with van der Waals surface area (Å²) in [5.74, 6) is 0.0367. The van der Waals surface area contributed by atoms with Gasteiger partial charge in [-0.25, -0.2) is 0 Å². The standard InChI is InChI=1S/C25H35N5O2/c1-18(2)26-24(31)17-28-12-14-29(15-13-28)25(32)11-10-23-20(4)27-30(21(23)5)16-22-8-6-19(3)7-9-22/h6-11,18H,12-17H2,1-5H3,(H,26,31)/b11-10+. The van der Waals surface area contributed by atoms with Crippen LogP contribution < -0.4 is 5.32 Å². The molecule has 0 bridgehead atoms. The molecule has 0 spiro atoms. The van der Waals surface area contributed by atoms with Crippen LogP contribution in [0.3, 0.4) is 0 Å².